The summed E-state index contributed by atoms with van der Waals surface area (Å²) in [6.07, 6.45) is 0. The van der Waals surface area contributed by atoms with Gasteiger partial charge in [-0.1, -0.05) is 18.2 Å². The van der Waals surface area contributed by atoms with Gasteiger partial charge in [0.15, 0.2) is 0 Å². The number of hydrogen-bond donors (Lipinski definition) is 2. The first-order chi connectivity index (χ1) is 10.8. The molecule has 116 valence electrons. The fraction of sp³-hybridized carbons (Fsp3) is 0.333. The number of piperazine rings is 1. The predicted molar refractivity (Wildman–Crippen MR) is 90.9 cm³/mol. The van der Waals surface area contributed by atoms with Crippen molar-refractivity contribution in [2.45, 2.75) is 6.54 Å². The van der Waals surface area contributed by atoms with E-state index < -0.39 is 0 Å². The van der Waals surface area contributed by atoms with Crippen LogP contribution in [0.3, 0.4) is 0 Å². The lowest BCUT2D eigenvalue weighted by molar-refractivity contribution is 0.233. The summed E-state index contributed by atoms with van der Waals surface area (Å²) in [5.74, 6) is 0.861. The first kappa shape index (κ1) is 14.9. The summed E-state index contributed by atoms with van der Waals surface area (Å²) in [7, 11) is 1.68. The third-order valence-corrected chi connectivity index (χ3v) is 3.93. The molecule has 1 aliphatic heterocycles. The van der Waals surface area contributed by atoms with Crippen LogP contribution >= 0.6 is 0 Å². The molecule has 0 radical (unpaired) electrons. The van der Waals surface area contributed by atoms with Gasteiger partial charge in [0.25, 0.3) is 0 Å². The normalized spacial score (nSPS) is 15.5. The van der Waals surface area contributed by atoms with Gasteiger partial charge in [0.2, 0.25) is 0 Å². The van der Waals surface area contributed by atoms with Gasteiger partial charge in [-0.15, -0.1) is 0 Å². The maximum atomic E-state index is 5.25. The molecule has 0 atom stereocenters. The number of benzene rings is 2. The number of methoxy groups -OCH3 is 1. The van der Waals surface area contributed by atoms with Crippen LogP contribution in [-0.2, 0) is 6.54 Å². The van der Waals surface area contributed by atoms with Crippen molar-refractivity contribution < 1.29 is 4.74 Å². The first-order valence-corrected chi connectivity index (χ1v) is 7.76. The average molecular weight is 297 g/mol. The largest absolute Gasteiger partial charge is 0.497 e. The third-order valence-electron chi connectivity index (χ3n) is 3.93. The maximum Gasteiger partial charge on any atom is 0.120 e. The lowest BCUT2D eigenvalue weighted by atomic mass is 10.1. The molecule has 0 unspecified atom stereocenters. The molecule has 0 amide bonds. The van der Waals surface area contributed by atoms with Crippen LogP contribution in [0.2, 0.25) is 0 Å². The molecule has 4 heteroatoms. The molecule has 0 aliphatic carbocycles. The highest BCUT2D eigenvalue weighted by Gasteiger charge is 2.09. The van der Waals surface area contributed by atoms with Crippen molar-refractivity contribution in [2.75, 3.05) is 38.6 Å². The third kappa shape index (κ3) is 4.00. The number of nitrogens with zero attached hydrogens (tertiary/aromatic N) is 1. The number of ether oxygens (including phenoxy) is 1. The summed E-state index contributed by atoms with van der Waals surface area (Å²) >= 11 is 0. The molecule has 2 aromatic carbocycles. The van der Waals surface area contributed by atoms with Crippen LogP contribution in [0.5, 0.6) is 5.75 Å². The van der Waals surface area contributed by atoms with Gasteiger partial charge in [0.05, 0.1) is 7.11 Å². The van der Waals surface area contributed by atoms with Crippen LogP contribution in [0.1, 0.15) is 5.56 Å². The Bertz CT molecular complexity index is 592. The van der Waals surface area contributed by atoms with E-state index in [0.29, 0.717) is 0 Å². The molecular formula is C18H23N3O. The van der Waals surface area contributed by atoms with Crippen molar-refractivity contribution in [3.63, 3.8) is 0 Å². The second-order valence-corrected chi connectivity index (χ2v) is 5.58. The Morgan fingerprint density at radius 1 is 1.05 bits per heavy atom. The highest BCUT2D eigenvalue weighted by Crippen LogP contribution is 2.21. The molecule has 2 N–H and O–H groups in total. The molecule has 1 fully saturated rings. The Hall–Kier alpha value is -2.04. The van der Waals surface area contributed by atoms with Crippen molar-refractivity contribution in [1.82, 2.24) is 10.2 Å². The van der Waals surface area contributed by atoms with E-state index >= 15 is 0 Å². The van der Waals surface area contributed by atoms with Crippen LogP contribution in [0.25, 0.3) is 0 Å². The molecule has 3 rings (SSSR count). The van der Waals surface area contributed by atoms with E-state index in [1.165, 1.54) is 5.56 Å². The van der Waals surface area contributed by atoms with Crippen molar-refractivity contribution in [1.29, 1.82) is 0 Å². The highest BCUT2D eigenvalue weighted by molar-refractivity contribution is 5.61. The fourth-order valence-electron chi connectivity index (χ4n) is 2.69. The van der Waals surface area contributed by atoms with E-state index in [4.69, 9.17) is 4.74 Å². The molecule has 1 heterocycles. The van der Waals surface area contributed by atoms with Crippen LogP contribution < -0.4 is 15.4 Å². The van der Waals surface area contributed by atoms with E-state index in [-0.39, 0.29) is 0 Å². The summed E-state index contributed by atoms with van der Waals surface area (Å²) in [5.41, 5.74) is 3.49. The molecule has 0 aromatic heterocycles. The molecule has 1 aliphatic rings. The SMILES string of the molecule is COc1cccc(Nc2ccc(CN3CCNCC3)cc2)c1. The van der Waals surface area contributed by atoms with Crippen molar-refractivity contribution in [2.24, 2.45) is 0 Å². The Morgan fingerprint density at radius 3 is 2.55 bits per heavy atom. The molecule has 22 heavy (non-hydrogen) atoms. The van der Waals surface area contributed by atoms with Gasteiger partial charge >= 0.3 is 0 Å². The van der Waals surface area contributed by atoms with E-state index in [0.717, 1.165) is 49.8 Å². The molecule has 0 saturated carbocycles. The Labute approximate surface area is 132 Å². The zero-order chi connectivity index (χ0) is 15.2. The van der Waals surface area contributed by atoms with Crippen LogP contribution in [0.15, 0.2) is 48.5 Å². The van der Waals surface area contributed by atoms with Gasteiger partial charge in [-0.3, -0.25) is 4.90 Å². The van der Waals surface area contributed by atoms with E-state index in [9.17, 15) is 0 Å². The van der Waals surface area contributed by atoms with E-state index in [1.54, 1.807) is 7.11 Å². The zero-order valence-electron chi connectivity index (χ0n) is 13.0. The average Bonchev–Trinajstić information content (AvgIpc) is 2.58. The van der Waals surface area contributed by atoms with Gasteiger partial charge in [0, 0.05) is 50.2 Å². The summed E-state index contributed by atoms with van der Waals surface area (Å²) in [5, 5.41) is 6.79. The smallest absolute Gasteiger partial charge is 0.120 e. The summed E-state index contributed by atoms with van der Waals surface area (Å²) < 4.78 is 5.25. The number of nitrogens with one attached hydrogen (secondary N) is 2. The van der Waals surface area contributed by atoms with Gasteiger partial charge < -0.3 is 15.4 Å². The van der Waals surface area contributed by atoms with Gasteiger partial charge in [0.1, 0.15) is 5.75 Å². The molecule has 0 bridgehead atoms. The zero-order valence-corrected chi connectivity index (χ0v) is 13.0. The van der Waals surface area contributed by atoms with Crippen LogP contribution in [0.4, 0.5) is 11.4 Å². The van der Waals surface area contributed by atoms with Gasteiger partial charge in [-0.25, -0.2) is 0 Å². The summed E-state index contributed by atoms with van der Waals surface area (Å²) in [4.78, 5) is 2.49. The van der Waals surface area contributed by atoms with Crippen molar-refractivity contribution >= 4 is 11.4 Å². The lowest BCUT2D eigenvalue weighted by Gasteiger charge is -2.27. The topological polar surface area (TPSA) is 36.5 Å². The second kappa shape index (κ2) is 7.29. The minimum absolute atomic E-state index is 0.861. The van der Waals surface area contributed by atoms with Gasteiger partial charge in [-0.2, -0.15) is 0 Å². The van der Waals surface area contributed by atoms with Gasteiger partial charge in [-0.05, 0) is 29.8 Å². The fourth-order valence-corrected chi connectivity index (χ4v) is 2.69. The number of anilines is 2. The minimum Gasteiger partial charge on any atom is -0.497 e. The second-order valence-electron chi connectivity index (χ2n) is 5.58. The molecule has 1 saturated heterocycles. The number of rotatable bonds is 5. The highest BCUT2D eigenvalue weighted by atomic mass is 16.5. The monoisotopic (exact) mass is 297 g/mol. The lowest BCUT2D eigenvalue weighted by Crippen LogP contribution is -2.42. The Kier molecular flexibility index (Phi) is 4.93. The van der Waals surface area contributed by atoms with E-state index in [2.05, 4.69) is 39.8 Å². The van der Waals surface area contributed by atoms with Crippen molar-refractivity contribution in [3.05, 3.63) is 54.1 Å². The Balaban J connectivity index is 1.60. The first-order valence-electron chi connectivity index (χ1n) is 7.76. The summed E-state index contributed by atoms with van der Waals surface area (Å²) in [6.45, 7) is 5.47. The van der Waals surface area contributed by atoms with Crippen LogP contribution in [0, 0.1) is 0 Å². The molecular weight excluding hydrogens is 274 g/mol. The maximum absolute atomic E-state index is 5.25. The molecule has 4 nitrogen and oxygen atoms in total. The van der Waals surface area contributed by atoms with E-state index in [1.807, 2.05) is 24.3 Å². The molecule has 0 spiro atoms. The minimum atomic E-state index is 0.861. The van der Waals surface area contributed by atoms with Crippen molar-refractivity contribution in [3.8, 4) is 5.75 Å². The summed E-state index contributed by atoms with van der Waals surface area (Å²) in [6, 6.07) is 16.6. The Morgan fingerprint density at radius 2 is 1.82 bits per heavy atom. The standard InChI is InChI=1S/C18H23N3O/c1-22-18-4-2-3-17(13-18)20-16-7-5-15(6-8-16)14-21-11-9-19-10-12-21/h2-8,13,19-20H,9-12,14H2,1H3. The molecule has 2 aromatic rings. The quantitative estimate of drug-likeness (QED) is 0.890. The predicted octanol–water partition coefficient (Wildman–Crippen LogP) is 2.84. The number of hydrogen-bond acceptors (Lipinski definition) is 4. The van der Waals surface area contributed by atoms with Crippen LogP contribution in [-0.4, -0.2) is 38.2 Å².